The first-order chi connectivity index (χ1) is 12.0. The molecule has 1 amide bonds. The molecular weight excluding hydrogens is 348 g/mol. The number of hydrogen-bond acceptors (Lipinski definition) is 6. The van der Waals surface area contributed by atoms with Crippen LogP contribution in [0.2, 0.25) is 5.02 Å². The monoisotopic (exact) mass is 362 g/mol. The van der Waals surface area contributed by atoms with E-state index >= 15 is 0 Å². The van der Waals surface area contributed by atoms with Crippen LogP contribution in [0.15, 0.2) is 36.5 Å². The number of esters is 1. The van der Waals surface area contributed by atoms with Gasteiger partial charge in [0.05, 0.1) is 0 Å². The maximum Gasteiger partial charge on any atom is 0.357 e. The molecule has 0 unspecified atom stereocenters. The van der Waals surface area contributed by atoms with Crippen LogP contribution in [0.3, 0.4) is 0 Å². The van der Waals surface area contributed by atoms with E-state index in [0.29, 0.717) is 16.5 Å². The fourth-order valence-corrected chi connectivity index (χ4v) is 2.33. The quantitative estimate of drug-likeness (QED) is 0.821. The van der Waals surface area contributed by atoms with Crippen LogP contribution in [0.1, 0.15) is 23.0 Å². The summed E-state index contributed by atoms with van der Waals surface area (Å²) in [4.78, 5) is 27.9. The number of hydrogen-bond donors (Lipinski definition) is 1. The molecule has 3 rings (SSSR count). The van der Waals surface area contributed by atoms with Crippen molar-refractivity contribution in [3.8, 4) is 11.5 Å². The molecule has 0 radical (unpaired) electrons. The largest absolute Gasteiger partial charge is 0.454 e. The molecule has 1 aromatic carbocycles. The summed E-state index contributed by atoms with van der Waals surface area (Å²) < 4.78 is 15.6. The third-order valence-electron chi connectivity index (χ3n) is 3.49. The molecule has 2 heterocycles. The normalized spacial score (nSPS) is 13.2. The minimum absolute atomic E-state index is 0.0444. The number of halogens is 1. The first kappa shape index (κ1) is 17.0. The van der Waals surface area contributed by atoms with E-state index in [0.717, 1.165) is 5.56 Å². The van der Waals surface area contributed by atoms with Crippen LogP contribution in [0.4, 0.5) is 0 Å². The Morgan fingerprint density at radius 1 is 1.28 bits per heavy atom. The topological polar surface area (TPSA) is 86.8 Å². The molecule has 0 saturated heterocycles. The summed E-state index contributed by atoms with van der Waals surface area (Å²) in [6.07, 6.45) is 0.422. The molecule has 1 atom stereocenters. The van der Waals surface area contributed by atoms with Gasteiger partial charge in [0.1, 0.15) is 5.69 Å². The summed E-state index contributed by atoms with van der Waals surface area (Å²) >= 11 is 5.80. The summed E-state index contributed by atoms with van der Waals surface area (Å²) in [5, 5.41) is 3.06. The van der Waals surface area contributed by atoms with Gasteiger partial charge in [-0.25, -0.2) is 9.78 Å². The maximum absolute atomic E-state index is 12.1. The first-order valence-electron chi connectivity index (χ1n) is 7.51. The number of benzene rings is 1. The second-order valence-electron chi connectivity index (χ2n) is 5.31. The Balaban J connectivity index is 1.53. The van der Waals surface area contributed by atoms with Crippen molar-refractivity contribution >= 4 is 23.5 Å². The number of carbonyl (C=O) groups excluding carboxylic acids is 2. The molecule has 1 aliphatic heterocycles. The maximum atomic E-state index is 12.1. The molecule has 25 heavy (non-hydrogen) atoms. The van der Waals surface area contributed by atoms with Crippen molar-refractivity contribution in [3.63, 3.8) is 0 Å². The molecular formula is C17H15ClN2O5. The Labute approximate surface area is 148 Å². The van der Waals surface area contributed by atoms with Gasteiger partial charge in [0.2, 0.25) is 6.79 Å². The second-order valence-corrected chi connectivity index (χ2v) is 5.75. The molecule has 8 heteroatoms. The second kappa shape index (κ2) is 7.40. The van der Waals surface area contributed by atoms with Crippen molar-refractivity contribution in [2.45, 2.75) is 19.6 Å². The van der Waals surface area contributed by atoms with Gasteiger partial charge in [-0.05, 0) is 36.8 Å². The van der Waals surface area contributed by atoms with Gasteiger partial charge in [0.25, 0.3) is 5.91 Å². The zero-order valence-corrected chi connectivity index (χ0v) is 14.1. The third kappa shape index (κ3) is 4.19. The van der Waals surface area contributed by atoms with E-state index in [1.807, 2.05) is 6.07 Å². The lowest BCUT2D eigenvalue weighted by Gasteiger charge is -2.13. The smallest absolute Gasteiger partial charge is 0.357 e. The van der Waals surface area contributed by atoms with Gasteiger partial charge in [0.15, 0.2) is 17.6 Å². The summed E-state index contributed by atoms with van der Waals surface area (Å²) in [6.45, 7) is 1.94. The molecule has 0 aliphatic carbocycles. The van der Waals surface area contributed by atoms with Crippen LogP contribution in [-0.4, -0.2) is 29.8 Å². The van der Waals surface area contributed by atoms with Gasteiger partial charge >= 0.3 is 5.97 Å². The molecule has 1 aromatic heterocycles. The van der Waals surface area contributed by atoms with Crippen LogP contribution in [0, 0.1) is 0 Å². The molecule has 1 aliphatic rings. The Kier molecular flexibility index (Phi) is 5.04. The predicted octanol–water partition coefficient (Wildman–Crippen LogP) is 2.33. The molecule has 0 saturated carbocycles. The minimum Gasteiger partial charge on any atom is -0.454 e. The van der Waals surface area contributed by atoms with Crippen molar-refractivity contribution in [1.82, 2.24) is 10.3 Å². The van der Waals surface area contributed by atoms with Crippen molar-refractivity contribution in [2.75, 3.05) is 6.79 Å². The summed E-state index contributed by atoms with van der Waals surface area (Å²) in [7, 11) is 0. The highest BCUT2D eigenvalue weighted by Crippen LogP contribution is 2.32. The lowest BCUT2D eigenvalue weighted by atomic mass is 10.2. The Bertz CT molecular complexity index is 811. The number of pyridine rings is 1. The van der Waals surface area contributed by atoms with Gasteiger partial charge in [0, 0.05) is 17.8 Å². The van der Waals surface area contributed by atoms with Crippen LogP contribution < -0.4 is 14.8 Å². The first-order valence-corrected chi connectivity index (χ1v) is 7.89. The summed E-state index contributed by atoms with van der Waals surface area (Å²) in [5.74, 6) is 0.172. The van der Waals surface area contributed by atoms with Crippen LogP contribution in [0.5, 0.6) is 11.5 Å². The Morgan fingerprint density at radius 2 is 2.08 bits per heavy atom. The molecule has 1 N–H and O–H groups in total. The molecule has 7 nitrogen and oxygen atoms in total. The highest BCUT2D eigenvalue weighted by molar-refractivity contribution is 6.30. The number of aromatic nitrogens is 1. The van der Waals surface area contributed by atoms with Gasteiger partial charge in [-0.15, -0.1) is 0 Å². The van der Waals surface area contributed by atoms with E-state index in [1.54, 1.807) is 18.2 Å². The van der Waals surface area contributed by atoms with Crippen molar-refractivity contribution in [3.05, 3.63) is 52.8 Å². The van der Waals surface area contributed by atoms with Gasteiger partial charge in [-0.3, -0.25) is 4.79 Å². The van der Waals surface area contributed by atoms with Crippen molar-refractivity contribution in [1.29, 1.82) is 0 Å². The third-order valence-corrected chi connectivity index (χ3v) is 3.72. The fraction of sp³-hybridized carbons (Fsp3) is 0.235. The number of nitrogens with one attached hydrogen (secondary N) is 1. The van der Waals surface area contributed by atoms with Gasteiger partial charge < -0.3 is 19.5 Å². The average Bonchev–Trinajstić information content (AvgIpc) is 3.07. The van der Waals surface area contributed by atoms with E-state index in [9.17, 15) is 9.59 Å². The van der Waals surface area contributed by atoms with E-state index < -0.39 is 18.0 Å². The molecule has 0 bridgehead atoms. The number of carbonyl (C=O) groups is 2. The van der Waals surface area contributed by atoms with E-state index in [-0.39, 0.29) is 19.0 Å². The lowest BCUT2D eigenvalue weighted by molar-refractivity contribution is -0.129. The summed E-state index contributed by atoms with van der Waals surface area (Å²) in [5.41, 5.74) is 0.885. The zero-order chi connectivity index (χ0) is 17.8. The fourth-order valence-electron chi connectivity index (χ4n) is 2.17. The highest BCUT2D eigenvalue weighted by atomic mass is 35.5. The SMILES string of the molecule is C[C@H](OC(=O)c1cc(Cl)ccn1)C(=O)NCc1ccc2c(c1)OCO2. The number of nitrogens with zero attached hydrogens (tertiary/aromatic N) is 1. The van der Waals surface area contributed by atoms with Gasteiger partial charge in [-0.1, -0.05) is 17.7 Å². The van der Waals surface area contributed by atoms with E-state index in [4.69, 9.17) is 25.8 Å². The number of rotatable bonds is 5. The van der Waals surface area contributed by atoms with Crippen LogP contribution in [0.25, 0.3) is 0 Å². The van der Waals surface area contributed by atoms with Crippen LogP contribution in [-0.2, 0) is 16.1 Å². The van der Waals surface area contributed by atoms with E-state index in [2.05, 4.69) is 10.3 Å². The molecule has 2 aromatic rings. The number of ether oxygens (including phenoxy) is 3. The summed E-state index contributed by atoms with van der Waals surface area (Å²) in [6, 6.07) is 8.30. The predicted molar refractivity (Wildman–Crippen MR) is 88.5 cm³/mol. The number of fused-ring (bicyclic) bond motifs is 1. The molecule has 0 spiro atoms. The number of amides is 1. The van der Waals surface area contributed by atoms with Gasteiger partial charge in [-0.2, -0.15) is 0 Å². The standard InChI is InChI=1S/C17H15ClN2O5/c1-10(25-17(22)13-7-12(18)4-5-19-13)16(21)20-8-11-2-3-14-15(6-11)24-9-23-14/h2-7,10H,8-9H2,1H3,(H,20,21)/t10-/m0/s1. The van der Waals surface area contributed by atoms with E-state index in [1.165, 1.54) is 19.2 Å². The van der Waals surface area contributed by atoms with Crippen LogP contribution >= 0.6 is 11.6 Å². The minimum atomic E-state index is -0.970. The Hall–Kier alpha value is -2.80. The lowest BCUT2D eigenvalue weighted by Crippen LogP contribution is -2.35. The van der Waals surface area contributed by atoms with Crippen molar-refractivity contribution < 1.29 is 23.8 Å². The average molecular weight is 363 g/mol. The molecule has 130 valence electrons. The zero-order valence-electron chi connectivity index (χ0n) is 13.3. The Morgan fingerprint density at radius 3 is 2.88 bits per heavy atom. The van der Waals surface area contributed by atoms with Crippen molar-refractivity contribution in [2.24, 2.45) is 0 Å². The molecule has 0 fully saturated rings. The highest BCUT2D eigenvalue weighted by Gasteiger charge is 2.20.